The van der Waals surface area contributed by atoms with Gasteiger partial charge in [-0.25, -0.2) is 5.01 Å². The van der Waals surface area contributed by atoms with E-state index in [0.29, 0.717) is 0 Å². The van der Waals surface area contributed by atoms with Crippen molar-refractivity contribution in [2.75, 3.05) is 31.1 Å². The predicted molar refractivity (Wildman–Crippen MR) is 41.6 cm³/mol. The van der Waals surface area contributed by atoms with Gasteiger partial charge in [-0.05, 0) is 6.92 Å². The molecule has 3 heteroatoms. The molecule has 0 aromatic rings. The van der Waals surface area contributed by atoms with E-state index in [-0.39, 0.29) is 0 Å². The van der Waals surface area contributed by atoms with Gasteiger partial charge >= 0.3 is 0 Å². The van der Waals surface area contributed by atoms with Crippen molar-refractivity contribution in [3.8, 4) is 0 Å². The summed E-state index contributed by atoms with van der Waals surface area (Å²) >= 11 is 2.02. The molecule has 0 amide bonds. The minimum Gasteiger partial charge on any atom is -0.225 e. The Kier molecular flexibility index (Phi) is 3.40. The van der Waals surface area contributed by atoms with E-state index in [1.165, 1.54) is 11.5 Å². The highest BCUT2D eigenvalue weighted by atomic mass is 32.2. The van der Waals surface area contributed by atoms with Gasteiger partial charge in [0.15, 0.2) is 0 Å². The van der Waals surface area contributed by atoms with E-state index in [2.05, 4.69) is 17.4 Å². The minimum atomic E-state index is 0.935. The lowest BCUT2D eigenvalue weighted by atomic mass is 10.6. The van der Waals surface area contributed by atoms with Gasteiger partial charge in [0.25, 0.3) is 0 Å². The van der Waals surface area contributed by atoms with Crippen molar-refractivity contribution >= 4 is 11.8 Å². The molecule has 1 heterocycles. The van der Waals surface area contributed by atoms with Crippen LogP contribution in [-0.4, -0.2) is 36.1 Å². The molecule has 9 heavy (non-hydrogen) atoms. The van der Waals surface area contributed by atoms with Crippen LogP contribution in [0.1, 0.15) is 6.92 Å². The van der Waals surface area contributed by atoms with Crippen LogP contribution in [0.15, 0.2) is 0 Å². The molecule has 1 radical (unpaired) electrons. The molecule has 1 aliphatic heterocycles. The normalized spacial score (nSPS) is 22.3. The summed E-state index contributed by atoms with van der Waals surface area (Å²) in [6, 6.07) is 0. The summed E-state index contributed by atoms with van der Waals surface area (Å²) in [6.07, 6.45) is 0. The molecule has 0 bridgehead atoms. The molecule has 1 rings (SSSR count). The molecule has 0 aromatic heterocycles. The molecule has 2 nitrogen and oxygen atoms in total. The fourth-order valence-corrected chi connectivity index (χ4v) is 1.78. The Morgan fingerprint density at radius 2 is 2.11 bits per heavy atom. The van der Waals surface area contributed by atoms with Gasteiger partial charge in [0.1, 0.15) is 0 Å². The van der Waals surface area contributed by atoms with Crippen molar-refractivity contribution < 1.29 is 0 Å². The van der Waals surface area contributed by atoms with Gasteiger partial charge in [0, 0.05) is 31.1 Å². The molecule has 0 unspecified atom stereocenters. The summed E-state index contributed by atoms with van der Waals surface area (Å²) in [5.41, 5.74) is 4.30. The SMILES string of the molecule is CC[N]N1CCSCC1. The third-order valence-electron chi connectivity index (χ3n) is 1.33. The van der Waals surface area contributed by atoms with E-state index in [9.17, 15) is 0 Å². The zero-order valence-corrected chi connectivity index (χ0v) is 6.65. The molecule has 0 aliphatic carbocycles. The maximum absolute atomic E-state index is 4.30. The molecule has 0 saturated carbocycles. The number of hydrogen-bond donors (Lipinski definition) is 0. The number of nitrogens with zero attached hydrogens (tertiary/aromatic N) is 2. The Hall–Kier alpha value is 0.270. The number of rotatable bonds is 2. The summed E-state index contributed by atoms with van der Waals surface area (Å²) < 4.78 is 0. The van der Waals surface area contributed by atoms with Gasteiger partial charge in [-0.1, -0.05) is 0 Å². The molecular formula is C6H13N2S. The van der Waals surface area contributed by atoms with E-state index in [1.54, 1.807) is 0 Å². The second-order valence-electron chi connectivity index (χ2n) is 2.02. The Morgan fingerprint density at radius 3 is 2.67 bits per heavy atom. The van der Waals surface area contributed by atoms with Crippen LogP contribution >= 0.6 is 11.8 Å². The van der Waals surface area contributed by atoms with Crippen molar-refractivity contribution in [3.63, 3.8) is 0 Å². The van der Waals surface area contributed by atoms with E-state index >= 15 is 0 Å². The van der Waals surface area contributed by atoms with Crippen molar-refractivity contribution in [1.82, 2.24) is 10.4 Å². The third-order valence-corrected chi connectivity index (χ3v) is 2.27. The fraction of sp³-hybridized carbons (Fsp3) is 1.00. The summed E-state index contributed by atoms with van der Waals surface area (Å²) in [5, 5.41) is 2.18. The average molecular weight is 145 g/mol. The lowest BCUT2D eigenvalue weighted by Gasteiger charge is -2.23. The summed E-state index contributed by atoms with van der Waals surface area (Å²) in [5.74, 6) is 2.51. The summed E-state index contributed by atoms with van der Waals surface area (Å²) in [4.78, 5) is 0. The predicted octanol–water partition coefficient (Wildman–Crippen LogP) is 0.575. The average Bonchev–Trinajstić information content (AvgIpc) is 1.91. The van der Waals surface area contributed by atoms with Gasteiger partial charge in [-0.2, -0.15) is 17.2 Å². The van der Waals surface area contributed by atoms with Crippen molar-refractivity contribution in [1.29, 1.82) is 0 Å². The highest BCUT2D eigenvalue weighted by Gasteiger charge is 2.08. The first-order valence-electron chi connectivity index (χ1n) is 3.43. The van der Waals surface area contributed by atoms with Crippen molar-refractivity contribution in [2.45, 2.75) is 6.92 Å². The molecule has 1 saturated heterocycles. The summed E-state index contributed by atoms with van der Waals surface area (Å²) in [7, 11) is 0. The second-order valence-corrected chi connectivity index (χ2v) is 3.25. The van der Waals surface area contributed by atoms with Crippen LogP contribution in [-0.2, 0) is 0 Å². The molecular weight excluding hydrogens is 132 g/mol. The maximum atomic E-state index is 4.30. The molecule has 53 valence electrons. The summed E-state index contributed by atoms with van der Waals surface area (Å²) in [6.45, 7) is 5.32. The van der Waals surface area contributed by atoms with Crippen LogP contribution in [0.3, 0.4) is 0 Å². The molecule has 0 atom stereocenters. The van der Waals surface area contributed by atoms with Gasteiger partial charge in [0.05, 0.1) is 0 Å². The molecule has 0 aromatic carbocycles. The molecule has 1 fully saturated rings. The van der Waals surface area contributed by atoms with E-state index in [1.807, 2.05) is 11.8 Å². The third kappa shape index (κ3) is 2.56. The topological polar surface area (TPSA) is 17.3 Å². The molecule has 0 N–H and O–H groups in total. The smallest absolute Gasteiger partial charge is 0.0278 e. The van der Waals surface area contributed by atoms with Crippen LogP contribution in [0.4, 0.5) is 0 Å². The van der Waals surface area contributed by atoms with Crippen LogP contribution < -0.4 is 5.43 Å². The molecule has 1 aliphatic rings. The first-order valence-corrected chi connectivity index (χ1v) is 4.59. The van der Waals surface area contributed by atoms with Gasteiger partial charge in [-0.15, -0.1) is 0 Å². The van der Waals surface area contributed by atoms with E-state index in [4.69, 9.17) is 0 Å². The van der Waals surface area contributed by atoms with E-state index in [0.717, 1.165) is 19.6 Å². The minimum absolute atomic E-state index is 0.935. The largest absolute Gasteiger partial charge is 0.225 e. The Balaban J connectivity index is 2.08. The Labute approximate surface area is 61.0 Å². The van der Waals surface area contributed by atoms with Gasteiger partial charge in [0.2, 0.25) is 0 Å². The maximum Gasteiger partial charge on any atom is 0.0278 e. The monoisotopic (exact) mass is 145 g/mol. The number of hydrogen-bond acceptors (Lipinski definition) is 2. The van der Waals surface area contributed by atoms with Gasteiger partial charge < -0.3 is 0 Å². The quantitative estimate of drug-likeness (QED) is 0.565. The van der Waals surface area contributed by atoms with Crippen LogP contribution in [0.25, 0.3) is 0 Å². The molecule has 0 spiro atoms. The fourth-order valence-electron chi connectivity index (χ4n) is 0.895. The highest BCUT2D eigenvalue weighted by molar-refractivity contribution is 7.99. The lowest BCUT2D eigenvalue weighted by molar-refractivity contribution is 0.205. The van der Waals surface area contributed by atoms with Crippen LogP contribution in [0.5, 0.6) is 0 Å². The Morgan fingerprint density at radius 1 is 1.44 bits per heavy atom. The Bertz CT molecular complexity index is 68.7. The lowest BCUT2D eigenvalue weighted by Crippen LogP contribution is -2.38. The number of thioether (sulfide) groups is 1. The first-order chi connectivity index (χ1) is 4.43. The zero-order chi connectivity index (χ0) is 6.53. The van der Waals surface area contributed by atoms with Gasteiger partial charge in [-0.3, -0.25) is 0 Å². The van der Waals surface area contributed by atoms with Crippen molar-refractivity contribution in [2.24, 2.45) is 0 Å². The highest BCUT2D eigenvalue weighted by Crippen LogP contribution is 2.06. The van der Waals surface area contributed by atoms with Crippen molar-refractivity contribution in [3.05, 3.63) is 0 Å². The van der Waals surface area contributed by atoms with E-state index < -0.39 is 0 Å². The first kappa shape index (κ1) is 7.38. The second kappa shape index (κ2) is 4.14. The standard InChI is InChI=1S/C6H13N2S/c1-2-7-8-3-5-9-6-4-8/h2-6H2,1H3. The van der Waals surface area contributed by atoms with Crippen LogP contribution in [0, 0.1) is 0 Å². The zero-order valence-electron chi connectivity index (χ0n) is 5.84. The van der Waals surface area contributed by atoms with Crippen LogP contribution in [0.2, 0.25) is 0 Å².